The fraction of sp³-hybridized carbons (Fsp3) is 0.483. The average molecular weight is 606 g/mol. The Morgan fingerprint density at radius 2 is 1.64 bits per heavy atom. The van der Waals surface area contributed by atoms with Gasteiger partial charge in [-0.05, 0) is 36.6 Å². The van der Waals surface area contributed by atoms with Crippen LogP contribution in [-0.4, -0.2) is 105 Å². The molecule has 0 fully saturated rings. The van der Waals surface area contributed by atoms with Crippen molar-refractivity contribution in [2.45, 2.75) is 56.6 Å². The number of hydrogen-bond acceptors (Lipinski definition) is 9. The van der Waals surface area contributed by atoms with Gasteiger partial charge in [0.15, 0.2) is 0 Å². The van der Waals surface area contributed by atoms with E-state index >= 15 is 0 Å². The van der Waals surface area contributed by atoms with Gasteiger partial charge in [-0.15, -0.1) is 0 Å². The number of carbonyl (C=O) groups is 3. The molecule has 8 N–H and O–H groups in total. The smallest absolute Gasteiger partial charge is 0.243 e. The van der Waals surface area contributed by atoms with Gasteiger partial charge in [-0.3, -0.25) is 19.7 Å². The highest BCUT2D eigenvalue weighted by atomic mass is 32.2. The molecular formula is C29H43N5O7S. The molecule has 2 aromatic rings. The van der Waals surface area contributed by atoms with Gasteiger partial charge in [0.25, 0.3) is 0 Å². The Morgan fingerprint density at radius 3 is 2.24 bits per heavy atom. The van der Waals surface area contributed by atoms with Gasteiger partial charge in [0.1, 0.15) is 23.8 Å². The number of amides is 3. The number of carbonyl (C=O) groups excluding carboxylic acids is 3. The number of nitrogens with zero attached hydrogens (tertiary/aromatic N) is 1. The molecule has 2 rings (SSSR count). The van der Waals surface area contributed by atoms with Crippen LogP contribution < -0.4 is 21.7 Å². The molecule has 2 aromatic carbocycles. The van der Waals surface area contributed by atoms with Gasteiger partial charge < -0.3 is 41.1 Å². The molecule has 0 saturated heterocycles. The van der Waals surface area contributed by atoms with Crippen molar-refractivity contribution in [3.63, 3.8) is 0 Å². The summed E-state index contributed by atoms with van der Waals surface area (Å²) in [5.41, 5.74) is 7.67. The molecule has 6 atom stereocenters. The van der Waals surface area contributed by atoms with Crippen molar-refractivity contribution >= 4 is 28.9 Å². The van der Waals surface area contributed by atoms with Crippen LogP contribution in [0, 0.1) is 0 Å². The first-order chi connectivity index (χ1) is 19.9. The van der Waals surface area contributed by atoms with Crippen LogP contribution in [-0.2, 0) is 38.4 Å². The first-order valence-corrected chi connectivity index (χ1v) is 15.4. The van der Waals surface area contributed by atoms with Crippen LogP contribution in [0.2, 0.25) is 0 Å². The molecule has 0 aliphatic carbocycles. The summed E-state index contributed by atoms with van der Waals surface area (Å²) < 4.78 is 11.5. The number of likely N-dealkylation sites (N-methyl/N-ethyl adjacent to an activating group) is 1. The molecule has 42 heavy (non-hydrogen) atoms. The lowest BCUT2D eigenvalue weighted by Gasteiger charge is -2.29. The molecule has 0 saturated carbocycles. The molecule has 0 radical (unpaired) electrons. The second-order valence-corrected chi connectivity index (χ2v) is 11.8. The molecule has 13 heteroatoms. The highest BCUT2D eigenvalue weighted by Crippen LogP contribution is 2.12. The highest BCUT2D eigenvalue weighted by Gasteiger charge is 2.29. The molecule has 232 valence electrons. The van der Waals surface area contributed by atoms with Gasteiger partial charge in [-0.2, -0.15) is 0 Å². The summed E-state index contributed by atoms with van der Waals surface area (Å²) in [6.45, 7) is 0.780. The largest absolute Gasteiger partial charge is 0.617 e. The first kappa shape index (κ1) is 35.0. The number of phenolic OH excluding ortho intramolecular Hbond substituents is 1. The van der Waals surface area contributed by atoms with Gasteiger partial charge in [0, 0.05) is 25.9 Å². The van der Waals surface area contributed by atoms with Crippen LogP contribution in [0.15, 0.2) is 54.6 Å². The molecule has 3 amide bonds. The number of rotatable bonds is 17. The minimum atomic E-state index is -1.22. The third kappa shape index (κ3) is 12.0. The number of nitrogens with one attached hydrogen (secondary N) is 3. The average Bonchev–Trinajstić information content (AvgIpc) is 2.97. The third-order valence-corrected chi connectivity index (χ3v) is 7.61. The Morgan fingerprint density at radius 1 is 1.02 bits per heavy atom. The maximum Gasteiger partial charge on any atom is 0.243 e. The Kier molecular flexibility index (Phi) is 14.7. The number of hydrogen-bond donors (Lipinski definition) is 7. The summed E-state index contributed by atoms with van der Waals surface area (Å²) in [6, 6.07) is 12.3. The van der Waals surface area contributed by atoms with Crippen molar-refractivity contribution in [1.29, 1.82) is 0 Å². The van der Waals surface area contributed by atoms with E-state index in [0.29, 0.717) is 18.6 Å². The Hall–Kier alpha value is -3.20. The molecule has 5 unspecified atom stereocenters. The van der Waals surface area contributed by atoms with Crippen molar-refractivity contribution in [2.75, 3.05) is 32.2 Å². The summed E-state index contributed by atoms with van der Waals surface area (Å²) in [5, 5.41) is 37.5. The number of aliphatic hydroxyl groups excluding tert-OH is 2. The van der Waals surface area contributed by atoms with E-state index in [4.69, 9.17) is 5.73 Å². The van der Waals surface area contributed by atoms with E-state index in [2.05, 4.69) is 16.0 Å². The van der Waals surface area contributed by atoms with Crippen molar-refractivity contribution in [3.8, 4) is 5.75 Å². The number of nitrogens with two attached hydrogens (primary N) is 1. The molecule has 0 spiro atoms. The van der Waals surface area contributed by atoms with Crippen LogP contribution >= 0.6 is 0 Å². The van der Waals surface area contributed by atoms with Crippen LogP contribution in [0.1, 0.15) is 24.5 Å². The van der Waals surface area contributed by atoms with Gasteiger partial charge in [-0.1, -0.05) is 53.6 Å². The maximum atomic E-state index is 13.2. The standard InChI is InChI=1S/C29H43N5O7S/c1-19(32-28(39)24(30)15-21-9-11-23(36)12-10-21)27(38)31-17-26(37)34(2)25(16-20-7-5-4-6-8-20)29(40)33-22(18-35)13-14-42(3)41/h4-12,19,22,24-25,28,32,35-36,39H,13-18,30H2,1-3H3,(H,31,38)(H,33,40)/t19-,22?,24?,25?,28?,42?/m1/s1. The van der Waals surface area contributed by atoms with Crippen LogP contribution in [0.4, 0.5) is 0 Å². The Balaban J connectivity index is 1.97. The summed E-state index contributed by atoms with van der Waals surface area (Å²) in [7, 11) is 1.46. The van der Waals surface area contributed by atoms with Crippen molar-refractivity contribution < 1.29 is 34.3 Å². The fourth-order valence-electron chi connectivity index (χ4n) is 4.14. The number of aromatic hydroxyl groups is 1. The third-order valence-electron chi connectivity index (χ3n) is 6.80. The molecule has 0 aliphatic rings. The zero-order chi connectivity index (χ0) is 31.2. The predicted molar refractivity (Wildman–Crippen MR) is 161 cm³/mol. The lowest BCUT2D eigenvalue weighted by Crippen LogP contribution is -2.56. The van der Waals surface area contributed by atoms with E-state index in [-0.39, 0.29) is 18.8 Å². The lowest BCUT2D eigenvalue weighted by atomic mass is 10.0. The van der Waals surface area contributed by atoms with E-state index in [1.807, 2.05) is 30.3 Å². The van der Waals surface area contributed by atoms with Gasteiger partial charge in [-0.25, -0.2) is 0 Å². The highest BCUT2D eigenvalue weighted by molar-refractivity contribution is 7.90. The summed E-state index contributed by atoms with van der Waals surface area (Å²) >= 11 is -1.09. The second kappa shape index (κ2) is 17.7. The van der Waals surface area contributed by atoms with Crippen molar-refractivity contribution in [3.05, 3.63) is 65.7 Å². The number of phenols is 1. The summed E-state index contributed by atoms with van der Waals surface area (Å²) in [6.07, 6.45) is 1.13. The lowest BCUT2D eigenvalue weighted by molar-refractivity contribution is -0.139. The minimum absolute atomic E-state index is 0.114. The molecule has 0 aromatic heterocycles. The Labute approximate surface area is 249 Å². The van der Waals surface area contributed by atoms with Crippen LogP contribution in [0.3, 0.4) is 0 Å². The summed E-state index contributed by atoms with van der Waals surface area (Å²) in [4.78, 5) is 40.2. The van der Waals surface area contributed by atoms with Gasteiger partial charge in [0.05, 0.1) is 31.5 Å². The predicted octanol–water partition coefficient (Wildman–Crippen LogP) is -1.01. The van der Waals surface area contributed by atoms with E-state index in [9.17, 15) is 34.3 Å². The van der Waals surface area contributed by atoms with E-state index in [1.54, 1.807) is 18.4 Å². The minimum Gasteiger partial charge on any atom is -0.617 e. The summed E-state index contributed by atoms with van der Waals surface area (Å²) in [5.74, 6) is -1.14. The molecule has 0 bridgehead atoms. The van der Waals surface area contributed by atoms with Gasteiger partial charge in [0.2, 0.25) is 17.7 Å². The Bertz CT molecular complexity index is 1120. The van der Waals surface area contributed by atoms with E-state index in [0.717, 1.165) is 11.1 Å². The van der Waals surface area contributed by atoms with Crippen LogP contribution in [0.5, 0.6) is 5.75 Å². The first-order valence-electron chi connectivity index (χ1n) is 13.7. The molecular weight excluding hydrogens is 562 g/mol. The second-order valence-electron chi connectivity index (χ2n) is 10.2. The monoisotopic (exact) mass is 605 g/mol. The normalized spacial score (nSPS) is 15.5. The quantitative estimate of drug-likeness (QED) is 0.0872. The van der Waals surface area contributed by atoms with Crippen molar-refractivity contribution in [1.82, 2.24) is 20.9 Å². The van der Waals surface area contributed by atoms with E-state index < -0.39 is 65.8 Å². The number of aliphatic hydroxyl groups is 2. The van der Waals surface area contributed by atoms with Crippen LogP contribution in [0.25, 0.3) is 0 Å². The fourth-order valence-corrected chi connectivity index (χ4v) is 4.76. The molecule has 0 heterocycles. The molecule has 0 aliphatic heterocycles. The molecule has 12 nitrogen and oxygen atoms in total. The van der Waals surface area contributed by atoms with Gasteiger partial charge >= 0.3 is 0 Å². The zero-order valence-electron chi connectivity index (χ0n) is 24.2. The van der Waals surface area contributed by atoms with Crippen molar-refractivity contribution in [2.24, 2.45) is 5.73 Å². The topological polar surface area (TPSA) is 200 Å². The van der Waals surface area contributed by atoms with E-state index in [1.165, 1.54) is 31.0 Å². The zero-order valence-corrected chi connectivity index (χ0v) is 25.0. The SMILES string of the molecule is C[C@@H](NC(O)C(N)Cc1ccc(O)cc1)C(=O)NCC(=O)N(C)C(Cc1ccccc1)C(=O)NC(CO)CC[S+](C)[O-]. The number of benzene rings is 2. The maximum absolute atomic E-state index is 13.2.